The highest BCUT2D eigenvalue weighted by Crippen LogP contribution is 2.15. The molecule has 0 aliphatic rings. The summed E-state index contributed by atoms with van der Waals surface area (Å²) in [7, 11) is 0. The van der Waals surface area contributed by atoms with Crippen molar-refractivity contribution in [3.63, 3.8) is 0 Å². The van der Waals surface area contributed by atoms with Crippen LogP contribution in [0.2, 0.25) is 0 Å². The minimum absolute atomic E-state index is 0.198. The van der Waals surface area contributed by atoms with Gasteiger partial charge in [0.25, 0.3) is 0 Å². The van der Waals surface area contributed by atoms with E-state index in [-0.39, 0.29) is 11.8 Å². The number of nitrogens with zero attached hydrogens (tertiary/aromatic N) is 1. The van der Waals surface area contributed by atoms with E-state index in [9.17, 15) is 10.2 Å². The molecule has 0 aliphatic carbocycles. The van der Waals surface area contributed by atoms with Crippen molar-refractivity contribution in [3.8, 4) is 5.75 Å². The summed E-state index contributed by atoms with van der Waals surface area (Å²) >= 11 is 0. The summed E-state index contributed by atoms with van der Waals surface area (Å²) in [4.78, 5) is 4.19. The molecule has 3 heteroatoms. The number of aliphatic imine (C=N–C) groups is 1. The van der Waals surface area contributed by atoms with Crippen LogP contribution in [-0.2, 0) is 0 Å². The summed E-state index contributed by atoms with van der Waals surface area (Å²) in [5.74, 6) is 0.198. The number of hydrogen-bond donors (Lipinski definition) is 2. The minimum atomic E-state index is -0.846. The van der Waals surface area contributed by atoms with Gasteiger partial charge in [0.1, 0.15) is 5.75 Å². The topological polar surface area (TPSA) is 52.8 Å². The van der Waals surface area contributed by atoms with Gasteiger partial charge in [0.15, 0.2) is 0 Å². The lowest BCUT2D eigenvalue weighted by atomic mass is 10.0. The van der Waals surface area contributed by atoms with Gasteiger partial charge in [-0.1, -0.05) is 12.1 Å². The second-order valence-electron chi connectivity index (χ2n) is 4.17. The fourth-order valence-electron chi connectivity index (χ4n) is 0.971. The van der Waals surface area contributed by atoms with Gasteiger partial charge in [-0.05, 0) is 32.9 Å². The van der Waals surface area contributed by atoms with Crippen molar-refractivity contribution < 1.29 is 10.2 Å². The third kappa shape index (κ3) is 3.36. The maximum atomic E-state index is 9.66. The van der Waals surface area contributed by atoms with Crippen molar-refractivity contribution in [2.45, 2.75) is 32.4 Å². The number of aliphatic hydroxyl groups is 1. The van der Waals surface area contributed by atoms with Gasteiger partial charge in [-0.15, -0.1) is 0 Å². The summed E-state index contributed by atoms with van der Waals surface area (Å²) in [5.41, 5.74) is -0.186. The molecule has 1 rings (SSSR count). The molecule has 0 spiro atoms. The molecule has 1 atom stereocenters. The predicted octanol–water partition coefficient (Wildman–Crippen LogP) is 1.97. The number of hydrogen-bond acceptors (Lipinski definition) is 3. The molecule has 0 saturated heterocycles. The van der Waals surface area contributed by atoms with Gasteiger partial charge < -0.3 is 10.2 Å². The predicted molar refractivity (Wildman–Crippen MR) is 61.5 cm³/mol. The van der Waals surface area contributed by atoms with Gasteiger partial charge in [-0.3, -0.25) is 4.99 Å². The van der Waals surface area contributed by atoms with Crippen LogP contribution in [0.3, 0.4) is 0 Å². The van der Waals surface area contributed by atoms with Gasteiger partial charge in [0.2, 0.25) is 0 Å². The Morgan fingerprint density at radius 1 is 1.33 bits per heavy atom. The fourth-order valence-corrected chi connectivity index (χ4v) is 0.971. The highest BCUT2D eigenvalue weighted by atomic mass is 16.3. The Morgan fingerprint density at radius 2 is 1.93 bits per heavy atom. The average molecular weight is 207 g/mol. The number of phenolic OH excluding ortho intramolecular Hbond substituents is 1. The van der Waals surface area contributed by atoms with Gasteiger partial charge in [0, 0.05) is 11.8 Å². The molecule has 0 radical (unpaired) electrons. The van der Waals surface area contributed by atoms with Crippen LogP contribution in [0.4, 0.5) is 0 Å². The molecule has 2 N–H and O–H groups in total. The van der Waals surface area contributed by atoms with Crippen LogP contribution in [0, 0.1) is 0 Å². The van der Waals surface area contributed by atoms with Crippen molar-refractivity contribution in [2.75, 3.05) is 0 Å². The Labute approximate surface area is 90.1 Å². The third-order valence-electron chi connectivity index (χ3n) is 2.40. The third-order valence-corrected chi connectivity index (χ3v) is 2.40. The van der Waals surface area contributed by atoms with Gasteiger partial charge in [-0.2, -0.15) is 0 Å². The highest BCUT2D eigenvalue weighted by Gasteiger charge is 2.20. The van der Waals surface area contributed by atoms with E-state index >= 15 is 0 Å². The maximum absolute atomic E-state index is 9.66. The van der Waals surface area contributed by atoms with E-state index in [0.717, 1.165) is 0 Å². The molecular formula is C12H17NO2. The van der Waals surface area contributed by atoms with E-state index in [0.29, 0.717) is 5.56 Å². The monoisotopic (exact) mass is 207 g/mol. The molecule has 0 heterocycles. The molecule has 0 aliphatic heterocycles. The summed E-state index contributed by atoms with van der Waals surface area (Å²) in [6.45, 7) is 5.25. The molecule has 15 heavy (non-hydrogen) atoms. The van der Waals surface area contributed by atoms with E-state index in [1.54, 1.807) is 38.3 Å². The fraction of sp³-hybridized carbons (Fsp3) is 0.417. The number of aromatic hydroxyl groups is 1. The maximum Gasteiger partial charge on any atom is 0.124 e. The van der Waals surface area contributed by atoms with Crippen molar-refractivity contribution in [1.82, 2.24) is 0 Å². The van der Waals surface area contributed by atoms with Crippen molar-refractivity contribution >= 4 is 6.21 Å². The lowest BCUT2D eigenvalue weighted by molar-refractivity contribution is 0.0592. The molecular weight excluding hydrogens is 190 g/mol. The number of rotatable bonds is 3. The molecule has 0 amide bonds. The zero-order valence-electron chi connectivity index (χ0n) is 9.31. The van der Waals surface area contributed by atoms with E-state index in [1.165, 1.54) is 0 Å². The van der Waals surface area contributed by atoms with Crippen LogP contribution in [0.15, 0.2) is 29.3 Å². The van der Waals surface area contributed by atoms with Crippen LogP contribution < -0.4 is 0 Å². The van der Waals surface area contributed by atoms with Gasteiger partial charge in [-0.25, -0.2) is 0 Å². The normalized spacial score (nSPS) is 14.4. The van der Waals surface area contributed by atoms with Crippen LogP contribution in [0.25, 0.3) is 0 Å². The first-order valence-corrected chi connectivity index (χ1v) is 4.95. The Kier molecular flexibility index (Phi) is 3.48. The first-order chi connectivity index (χ1) is 6.91. The second kappa shape index (κ2) is 4.45. The lowest BCUT2D eigenvalue weighted by Gasteiger charge is -2.21. The molecule has 0 saturated carbocycles. The Balaban J connectivity index is 2.79. The van der Waals surface area contributed by atoms with E-state index < -0.39 is 5.60 Å². The summed E-state index contributed by atoms with van der Waals surface area (Å²) in [5, 5.41) is 19.1. The molecule has 0 aromatic heterocycles. The highest BCUT2D eigenvalue weighted by molar-refractivity contribution is 5.83. The number of benzene rings is 1. The van der Waals surface area contributed by atoms with Gasteiger partial charge >= 0.3 is 0 Å². The zero-order chi connectivity index (χ0) is 11.5. The van der Waals surface area contributed by atoms with Crippen LogP contribution in [-0.4, -0.2) is 28.1 Å². The minimum Gasteiger partial charge on any atom is -0.507 e. The van der Waals surface area contributed by atoms with Crippen LogP contribution in [0.1, 0.15) is 26.3 Å². The van der Waals surface area contributed by atoms with E-state index in [2.05, 4.69) is 4.99 Å². The molecule has 0 fully saturated rings. The Morgan fingerprint density at radius 3 is 2.47 bits per heavy atom. The lowest BCUT2D eigenvalue weighted by Crippen LogP contribution is -2.31. The largest absolute Gasteiger partial charge is 0.507 e. The first-order valence-electron chi connectivity index (χ1n) is 4.95. The molecule has 1 aromatic rings. The van der Waals surface area contributed by atoms with Crippen LogP contribution >= 0.6 is 0 Å². The summed E-state index contributed by atoms with van der Waals surface area (Å²) < 4.78 is 0. The molecule has 82 valence electrons. The Hall–Kier alpha value is -1.35. The summed E-state index contributed by atoms with van der Waals surface area (Å²) in [6, 6.07) is 6.76. The number of phenols is 1. The molecule has 1 aromatic carbocycles. The van der Waals surface area contributed by atoms with E-state index in [1.807, 2.05) is 13.0 Å². The standard InChI is InChI=1S/C12H17NO2/c1-9(12(2,3)15)13-8-10-6-4-5-7-11(10)14/h4-9,14-15H,1-3H3. The van der Waals surface area contributed by atoms with E-state index in [4.69, 9.17) is 0 Å². The summed E-state index contributed by atoms with van der Waals surface area (Å²) in [6.07, 6.45) is 1.58. The first kappa shape index (κ1) is 11.7. The molecule has 3 nitrogen and oxygen atoms in total. The SMILES string of the molecule is CC(N=Cc1ccccc1O)C(C)(C)O. The smallest absolute Gasteiger partial charge is 0.124 e. The van der Waals surface area contributed by atoms with Gasteiger partial charge in [0.05, 0.1) is 11.6 Å². The average Bonchev–Trinajstić information content (AvgIpc) is 2.14. The quantitative estimate of drug-likeness (QED) is 0.744. The van der Waals surface area contributed by atoms with Crippen molar-refractivity contribution in [3.05, 3.63) is 29.8 Å². The second-order valence-corrected chi connectivity index (χ2v) is 4.17. The molecule has 1 unspecified atom stereocenters. The van der Waals surface area contributed by atoms with Crippen molar-refractivity contribution in [2.24, 2.45) is 4.99 Å². The number of para-hydroxylation sites is 1. The van der Waals surface area contributed by atoms with Crippen molar-refractivity contribution in [1.29, 1.82) is 0 Å². The zero-order valence-corrected chi connectivity index (χ0v) is 9.31. The van der Waals surface area contributed by atoms with Crippen LogP contribution in [0.5, 0.6) is 5.75 Å². The Bertz CT molecular complexity index is 353. The molecule has 0 bridgehead atoms.